The minimum atomic E-state index is -0.322. The van der Waals surface area contributed by atoms with E-state index < -0.39 is 0 Å². The van der Waals surface area contributed by atoms with E-state index in [0.717, 1.165) is 55.7 Å². The maximum Gasteiger partial charge on any atom is 0.275 e. The number of nitrogen functional groups attached to an aromatic ring is 1. The van der Waals surface area contributed by atoms with Gasteiger partial charge in [0.2, 0.25) is 5.95 Å². The first-order chi connectivity index (χ1) is 12.2. The van der Waals surface area contributed by atoms with Gasteiger partial charge in [-0.1, -0.05) is 0 Å². The number of hydrogen-bond donors (Lipinski definition) is 4. The predicted octanol–water partition coefficient (Wildman–Crippen LogP) is 0.696. The summed E-state index contributed by atoms with van der Waals surface area (Å²) in [6.45, 7) is 5.81. The zero-order valence-corrected chi connectivity index (χ0v) is 14.9. The second kappa shape index (κ2) is 8.93. The van der Waals surface area contributed by atoms with Crippen LogP contribution in [0.2, 0.25) is 0 Å². The lowest BCUT2D eigenvalue weighted by atomic mass is 10.3. The highest BCUT2D eigenvalue weighted by Gasteiger charge is 2.12. The van der Waals surface area contributed by atoms with Crippen molar-refractivity contribution in [2.24, 2.45) is 0 Å². The predicted molar refractivity (Wildman–Crippen MR) is 101 cm³/mol. The molecule has 0 spiro atoms. The van der Waals surface area contributed by atoms with Crippen LogP contribution < -0.4 is 21.9 Å². The van der Waals surface area contributed by atoms with Crippen molar-refractivity contribution in [1.29, 1.82) is 0 Å². The molecule has 2 aromatic rings. The fourth-order valence-electron chi connectivity index (χ4n) is 2.58. The van der Waals surface area contributed by atoms with E-state index in [9.17, 15) is 4.79 Å². The molecule has 1 fully saturated rings. The molecule has 0 radical (unpaired) electrons. The summed E-state index contributed by atoms with van der Waals surface area (Å²) in [5, 5.41) is 6.42. The minimum Gasteiger partial charge on any atom is -0.464 e. The highest BCUT2D eigenvalue weighted by atomic mass is 32.2. The van der Waals surface area contributed by atoms with Crippen LogP contribution in [-0.4, -0.2) is 53.3 Å². The minimum absolute atomic E-state index is 0.120. The highest BCUT2D eigenvalue weighted by Crippen LogP contribution is 2.17. The summed E-state index contributed by atoms with van der Waals surface area (Å²) < 4.78 is 5.90. The Labute approximate surface area is 150 Å². The Morgan fingerprint density at radius 2 is 2.12 bits per heavy atom. The molecule has 5 N–H and O–H groups in total. The number of nitrogens with two attached hydrogens (primary N) is 1. The molecule has 9 heteroatoms. The number of thioether (sulfide) groups is 1. The van der Waals surface area contributed by atoms with Crippen molar-refractivity contribution in [3.8, 4) is 0 Å². The van der Waals surface area contributed by atoms with Gasteiger partial charge in [-0.3, -0.25) is 14.7 Å². The van der Waals surface area contributed by atoms with E-state index in [-0.39, 0.29) is 11.2 Å². The lowest BCUT2D eigenvalue weighted by Gasteiger charge is -2.26. The molecule has 1 saturated heterocycles. The van der Waals surface area contributed by atoms with Gasteiger partial charge in [-0.25, -0.2) is 4.98 Å². The summed E-state index contributed by atoms with van der Waals surface area (Å²) in [6, 6.07) is 4.12. The van der Waals surface area contributed by atoms with Gasteiger partial charge in [-0.15, -0.1) is 0 Å². The normalized spacial score (nSPS) is 15.4. The second-order valence-corrected chi connectivity index (χ2v) is 6.99. The van der Waals surface area contributed by atoms with E-state index in [1.807, 2.05) is 0 Å². The molecule has 0 bridgehead atoms. The molecule has 0 aliphatic carbocycles. The van der Waals surface area contributed by atoms with Gasteiger partial charge in [-0.2, -0.15) is 11.8 Å². The second-order valence-electron chi connectivity index (χ2n) is 5.89. The van der Waals surface area contributed by atoms with Crippen molar-refractivity contribution in [2.75, 3.05) is 49.5 Å². The average molecular weight is 364 g/mol. The molecule has 0 unspecified atom stereocenters. The number of furan rings is 1. The smallest absolute Gasteiger partial charge is 0.275 e. The first-order valence-corrected chi connectivity index (χ1v) is 9.53. The number of aromatic nitrogens is 2. The molecule has 0 amide bonds. The molecule has 8 nitrogen and oxygen atoms in total. The monoisotopic (exact) mass is 364 g/mol. The lowest BCUT2D eigenvalue weighted by molar-refractivity contribution is 0.215. The molecule has 25 heavy (non-hydrogen) atoms. The number of piperazine rings is 1. The standard InChI is InChI=1S/C16H24N6O2S/c17-14-9-20-16(21-15(14)23)19-5-8-25-11-13-2-1-12(24-13)10-22-6-3-18-4-7-22/h1-2,9,18H,3-8,10-11,17H2,(H2,19,20,21,23). The first kappa shape index (κ1) is 17.8. The van der Waals surface area contributed by atoms with Crippen LogP contribution in [0.25, 0.3) is 0 Å². The first-order valence-electron chi connectivity index (χ1n) is 8.38. The van der Waals surface area contributed by atoms with Crippen LogP contribution in [0.5, 0.6) is 0 Å². The van der Waals surface area contributed by atoms with E-state index in [4.69, 9.17) is 10.2 Å². The molecular formula is C16H24N6O2S. The fourth-order valence-corrected chi connectivity index (χ4v) is 3.33. The van der Waals surface area contributed by atoms with Gasteiger partial charge >= 0.3 is 0 Å². The molecule has 136 valence electrons. The highest BCUT2D eigenvalue weighted by molar-refractivity contribution is 7.98. The van der Waals surface area contributed by atoms with E-state index in [0.29, 0.717) is 12.5 Å². The van der Waals surface area contributed by atoms with Crippen LogP contribution in [0.4, 0.5) is 11.6 Å². The van der Waals surface area contributed by atoms with E-state index in [1.165, 1.54) is 6.20 Å². The summed E-state index contributed by atoms with van der Waals surface area (Å²) in [5.41, 5.74) is 5.23. The van der Waals surface area contributed by atoms with Gasteiger partial charge in [0.25, 0.3) is 5.56 Å². The molecular weight excluding hydrogens is 340 g/mol. The van der Waals surface area contributed by atoms with Crippen molar-refractivity contribution >= 4 is 23.4 Å². The van der Waals surface area contributed by atoms with Crippen LogP contribution in [0, 0.1) is 0 Å². The molecule has 3 rings (SSSR count). The Bertz CT molecular complexity index is 725. The van der Waals surface area contributed by atoms with Crippen molar-refractivity contribution < 1.29 is 4.42 Å². The average Bonchev–Trinajstić information content (AvgIpc) is 3.06. The molecule has 0 aromatic carbocycles. The Hall–Kier alpha value is -1.97. The van der Waals surface area contributed by atoms with E-state index in [2.05, 4.69) is 37.6 Å². The maximum atomic E-state index is 11.4. The lowest BCUT2D eigenvalue weighted by Crippen LogP contribution is -2.42. The summed E-state index contributed by atoms with van der Waals surface area (Å²) in [4.78, 5) is 20.4. The topological polar surface area (TPSA) is 112 Å². The van der Waals surface area contributed by atoms with E-state index in [1.54, 1.807) is 11.8 Å². The molecule has 1 aliphatic rings. The van der Waals surface area contributed by atoms with Gasteiger partial charge in [0, 0.05) is 38.5 Å². The van der Waals surface area contributed by atoms with Crippen LogP contribution in [-0.2, 0) is 12.3 Å². The van der Waals surface area contributed by atoms with Gasteiger partial charge in [0.05, 0.1) is 18.5 Å². The van der Waals surface area contributed by atoms with Crippen LogP contribution in [0.1, 0.15) is 11.5 Å². The van der Waals surface area contributed by atoms with Crippen molar-refractivity contribution in [2.45, 2.75) is 12.3 Å². The summed E-state index contributed by atoms with van der Waals surface area (Å²) in [6.07, 6.45) is 1.36. The number of aromatic amines is 1. The summed E-state index contributed by atoms with van der Waals surface area (Å²) in [7, 11) is 0. The Kier molecular flexibility index (Phi) is 6.37. The number of hydrogen-bond acceptors (Lipinski definition) is 8. The molecule has 2 aromatic heterocycles. The third kappa shape index (κ3) is 5.52. The summed E-state index contributed by atoms with van der Waals surface area (Å²) >= 11 is 1.77. The third-order valence-electron chi connectivity index (χ3n) is 3.92. The maximum absolute atomic E-state index is 11.4. The van der Waals surface area contributed by atoms with Gasteiger partial charge in [-0.05, 0) is 12.1 Å². The number of H-pyrrole nitrogens is 1. The number of nitrogens with zero attached hydrogens (tertiary/aromatic N) is 2. The largest absolute Gasteiger partial charge is 0.464 e. The zero-order chi connectivity index (χ0) is 17.5. The van der Waals surface area contributed by atoms with Crippen molar-refractivity contribution in [3.63, 3.8) is 0 Å². The quantitative estimate of drug-likeness (QED) is 0.506. The molecule has 1 aliphatic heterocycles. The molecule has 0 saturated carbocycles. The van der Waals surface area contributed by atoms with Crippen LogP contribution in [0.3, 0.4) is 0 Å². The molecule has 3 heterocycles. The van der Waals surface area contributed by atoms with Gasteiger partial charge < -0.3 is 20.8 Å². The number of anilines is 2. The third-order valence-corrected chi connectivity index (χ3v) is 4.90. The Morgan fingerprint density at radius 1 is 1.32 bits per heavy atom. The van der Waals surface area contributed by atoms with E-state index >= 15 is 0 Å². The number of nitrogens with one attached hydrogen (secondary N) is 3. The van der Waals surface area contributed by atoms with Gasteiger partial charge in [0.1, 0.15) is 17.2 Å². The van der Waals surface area contributed by atoms with Crippen LogP contribution >= 0.6 is 11.8 Å². The fraction of sp³-hybridized carbons (Fsp3) is 0.500. The van der Waals surface area contributed by atoms with Crippen molar-refractivity contribution in [1.82, 2.24) is 20.2 Å². The molecule has 0 atom stereocenters. The van der Waals surface area contributed by atoms with Gasteiger partial charge in [0.15, 0.2) is 0 Å². The van der Waals surface area contributed by atoms with Crippen LogP contribution in [0.15, 0.2) is 27.5 Å². The Morgan fingerprint density at radius 3 is 2.92 bits per heavy atom. The SMILES string of the molecule is Nc1cnc(NCCSCc2ccc(CN3CCNCC3)o2)[nH]c1=O. The number of rotatable bonds is 8. The Balaban J connectivity index is 1.34. The zero-order valence-electron chi connectivity index (χ0n) is 14.1. The van der Waals surface area contributed by atoms with Crippen molar-refractivity contribution in [3.05, 3.63) is 40.2 Å². The summed E-state index contributed by atoms with van der Waals surface area (Å²) in [5.74, 6) is 4.17.